The van der Waals surface area contributed by atoms with Crippen molar-refractivity contribution in [2.75, 3.05) is 18.4 Å². The number of thioether (sulfide) groups is 1. The molecule has 2 rings (SSSR count). The van der Waals surface area contributed by atoms with Gasteiger partial charge in [-0.15, -0.1) is 11.6 Å². The molecule has 1 aliphatic rings. The average molecular weight is 388 g/mol. The molecule has 134 valence electrons. The van der Waals surface area contributed by atoms with Gasteiger partial charge >= 0.3 is 0 Å². The van der Waals surface area contributed by atoms with Crippen molar-refractivity contribution in [1.29, 1.82) is 0 Å². The van der Waals surface area contributed by atoms with Gasteiger partial charge in [-0.1, -0.05) is 16.9 Å². The fourth-order valence-electron chi connectivity index (χ4n) is 1.84. The Hall–Kier alpha value is -1.35. The van der Waals surface area contributed by atoms with E-state index in [1.807, 2.05) is 0 Å². The van der Waals surface area contributed by atoms with Crippen LogP contribution in [0.5, 0.6) is 11.5 Å². The third-order valence-electron chi connectivity index (χ3n) is 3.08. The Morgan fingerprint density at radius 2 is 1.67 bits per heavy atom. The topological polar surface area (TPSA) is 40.0 Å². The molecule has 0 radical (unpaired) electrons. The third-order valence-corrected chi connectivity index (χ3v) is 4.43. The Morgan fingerprint density at radius 1 is 1.12 bits per heavy atom. The molecule has 1 aromatic carbocycles. The van der Waals surface area contributed by atoms with Gasteiger partial charge in [0.2, 0.25) is 23.3 Å². The number of rotatable bonds is 6. The number of halogens is 5. The second-order valence-electron chi connectivity index (χ2n) is 5.09. The second-order valence-corrected chi connectivity index (χ2v) is 6.35. The molecule has 4 nitrogen and oxygen atoms in total. The lowest BCUT2D eigenvalue weighted by molar-refractivity contribution is 0.0152. The maximum atomic E-state index is 13.8. The molecule has 1 heterocycles. The average Bonchev–Trinajstić information content (AvgIpc) is 2.95. The van der Waals surface area contributed by atoms with Crippen molar-refractivity contribution < 1.29 is 31.9 Å². The molecule has 0 saturated carbocycles. The van der Waals surface area contributed by atoms with Crippen molar-refractivity contribution in [3.63, 3.8) is 0 Å². The highest BCUT2D eigenvalue weighted by Crippen LogP contribution is 2.35. The van der Waals surface area contributed by atoms with E-state index in [9.17, 15) is 17.6 Å². The summed E-state index contributed by atoms with van der Waals surface area (Å²) in [7, 11) is 0. The van der Waals surface area contributed by atoms with Crippen LogP contribution in [-0.4, -0.2) is 29.1 Å². The summed E-state index contributed by atoms with van der Waals surface area (Å²) >= 11 is 6.70. The largest absolute Gasteiger partial charge is 0.488 e. The Labute approximate surface area is 145 Å². The van der Waals surface area contributed by atoms with Crippen LogP contribution in [0.25, 0.3) is 0 Å². The lowest BCUT2D eigenvalue weighted by atomic mass is 10.1. The summed E-state index contributed by atoms with van der Waals surface area (Å²) in [5.41, 5.74) is -0.655. The Kier molecular flexibility index (Phi) is 6.08. The van der Waals surface area contributed by atoms with Gasteiger partial charge in [-0.25, -0.2) is 0 Å². The van der Waals surface area contributed by atoms with Crippen LogP contribution >= 0.6 is 23.4 Å². The summed E-state index contributed by atoms with van der Waals surface area (Å²) in [5, 5.41) is 4.26. The van der Waals surface area contributed by atoms with Gasteiger partial charge in [0.25, 0.3) is 0 Å². The Balaban J connectivity index is 2.06. The highest BCUT2D eigenvalue weighted by Gasteiger charge is 2.34. The molecule has 0 aromatic heterocycles. The lowest BCUT2D eigenvalue weighted by Crippen LogP contribution is -2.26. The fourth-order valence-corrected chi connectivity index (χ4v) is 2.79. The third kappa shape index (κ3) is 3.83. The summed E-state index contributed by atoms with van der Waals surface area (Å²) in [6.45, 7) is 3.02. The molecule has 1 aliphatic heterocycles. The van der Waals surface area contributed by atoms with Gasteiger partial charge < -0.3 is 14.3 Å². The van der Waals surface area contributed by atoms with E-state index < -0.39 is 40.4 Å². The zero-order chi connectivity index (χ0) is 17.9. The molecular formula is C14H14ClF4NO3S. The minimum absolute atomic E-state index is 0.151. The summed E-state index contributed by atoms with van der Waals surface area (Å²) < 4.78 is 64.5. The van der Waals surface area contributed by atoms with Crippen molar-refractivity contribution in [3.05, 3.63) is 23.3 Å². The van der Waals surface area contributed by atoms with Gasteiger partial charge in [-0.05, 0) is 13.8 Å². The first-order chi connectivity index (χ1) is 11.3. The molecule has 0 bridgehead atoms. The molecule has 0 N–H and O–H groups in total. The van der Waals surface area contributed by atoms with Gasteiger partial charge in [0, 0.05) is 6.42 Å². The van der Waals surface area contributed by atoms with Crippen LogP contribution < -0.4 is 9.47 Å². The van der Waals surface area contributed by atoms with E-state index in [0.717, 1.165) is 11.8 Å². The first kappa shape index (κ1) is 19.0. The number of hydrogen-bond acceptors (Lipinski definition) is 5. The molecule has 0 saturated heterocycles. The standard InChI is InChI=1S/C14H14ClF4NO3S/c1-3-21-12-8(16)10(18)13(11(19)9(12)17)22-6-24-7-4-14(2,5-15)23-20-7/h3-6H2,1-2H3. The van der Waals surface area contributed by atoms with Crippen molar-refractivity contribution in [2.45, 2.75) is 25.9 Å². The minimum Gasteiger partial charge on any atom is -0.488 e. The molecule has 0 amide bonds. The van der Waals surface area contributed by atoms with E-state index in [4.69, 9.17) is 21.2 Å². The number of nitrogens with zero attached hydrogens (tertiary/aromatic N) is 1. The van der Waals surface area contributed by atoms with Crippen LogP contribution in [-0.2, 0) is 4.84 Å². The Bertz CT molecular complexity index is 632. The van der Waals surface area contributed by atoms with Gasteiger partial charge in [-0.3, -0.25) is 0 Å². The molecule has 1 unspecified atom stereocenters. The van der Waals surface area contributed by atoms with Crippen molar-refractivity contribution in [3.8, 4) is 11.5 Å². The highest BCUT2D eigenvalue weighted by molar-refractivity contribution is 8.13. The molecule has 0 fully saturated rings. The minimum atomic E-state index is -1.66. The maximum absolute atomic E-state index is 13.8. The number of hydrogen-bond donors (Lipinski definition) is 0. The molecule has 0 aliphatic carbocycles. The van der Waals surface area contributed by atoms with Crippen LogP contribution in [0.15, 0.2) is 5.16 Å². The number of ether oxygens (including phenoxy) is 2. The number of oxime groups is 1. The quantitative estimate of drug-likeness (QED) is 0.313. The number of alkyl halides is 1. The van der Waals surface area contributed by atoms with E-state index in [1.54, 1.807) is 6.92 Å². The SMILES string of the molecule is CCOc1c(F)c(F)c(OCSC2=NOC(C)(CCl)C2)c(F)c1F. The normalized spacial score (nSPS) is 19.9. The van der Waals surface area contributed by atoms with E-state index in [2.05, 4.69) is 9.89 Å². The molecular weight excluding hydrogens is 374 g/mol. The zero-order valence-electron chi connectivity index (χ0n) is 12.8. The van der Waals surface area contributed by atoms with E-state index in [0.29, 0.717) is 11.5 Å². The zero-order valence-corrected chi connectivity index (χ0v) is 14.4. The second kappa shape index (κ2) is 7.69. The first-order valence-corrected chi connectivity index (χ1v) is 8.40. The monoisotopic (exact) mass is 387 g/mol. The van der Waals surface area contributed by atoms with Crippen molar-refractivity contribution >= 4 is 28.4 Å². The molecule has 0 spiro atoms. The fraction of sp³-hybridized carbons (Fsp3) is 0.500. The van der Waals surface area contributed by atoms with Gasteiger partial charge in [-0.2, -0.15) is 17.6 Å². The highest BCUT2D eigenvalue weighted by atomic mass is 35.5. The molecule has 10 heteroatoms. The summed E-state index contributed by atoms with van der Waals surface area (Å²) in [6.07, 6.45) is 0.390. The summed E-state index contributed by atoms with van der Waals surface area (Å²) in [6, 6.07) is 0. The predicted molar refractivity (Wildman–Crippen MR) is 82.8 cm³/mol. The van der Waals surface area contributed by atoms with E-state index in [-0.39, 0.29) is 18.4 Å². The van der Waals surface area contributed by atoms with Crippen LogP contribution in [0.1, 0.15) is 20.3 Å². The number of benzene rings is 1. The van der Waals surface area contributed by atoms with E-state index >= 15 is 0 Å². The summed E-state index contributed by atoms with van der Waals surface area (Å²) in [4.78, 5) is 5.13. The molecule has 1 atom stereocenters. The predicted octanol–water partition coefficient (Wildman–Crippen LogP) is 4.44. The van der Waals surface area contributed by atoms with Crippen LogP contribution in [0.2, 0.25) is 0 Å². The first-order valence-electron chi connectivity index (χ1n) is 6.88. The molecule has 24 heavy (non-hydrogen) atoms. The van der Waals surface area contributed by atoms with Crippen LogP contribution in [0.3, 0.4) is 0 Å². The van der Waals surface area contributed by atoms with Crippen molar-refractivity contribution in [2.24, 2.45) is 5.16 Å². The van der Waals surface area contributed by atoms with Gasteiger partial charge in [0.15, 0.2) is 17.1 Å². The van der Waals surface area contributed by atoms with Gasteiger partial charge in [0.1, 0.15) is 11.0 Å². The van der Waals surface area contributed by atoms with Gasteiger partial charge in [0.05, 0.1) is 12.5 Å². The van der Waals surface area contributed by atoms with Crippen LogP contribution in [0.4, 0.5) is 17.6 Å². The molecule has 1 aromatic rings. The lowest BCUT2D eigenvalue weighted by Gasteiger charge is -2.16. The van der Waals surface area contributed by atoms with Crippen LogP contribution in [0, 0.1) is 23.3 Å². The van der Waals surface area contributed by atoms with E-state index in [1.165, 1.54) is 6.92 Å². The van der Waals surface area contributed by atoms with Crippen molar-refractivity contribution in [1.82, 2.24) is 0 Å². The maximum Gasteiger partial charge on any atom is 0.207 e. The smallest absolute Gasteiger partial charge is 0.207 e. The Morgan fingerprint density at radius 3 is 2.12 bits per heavy atom. The summed E-state index contributed by atoms with van der Waals surface area (Å²) in [5.74, 6) is -8.99.